The van der Waals surface area contributed by atoms with Crippen molar-refractivity contribution in [2.45, 2.75) is 6.92 Å². The highest BCUT2D eigenvalue weighted by Crippen LogP contribution is 2.26. The highest BCUT2D eigenvalue weighted by atomic mass is 16.6. The third-order valence-corrected chi connectivity index (χ3v) is 2.23. The van der Waals surface area contributed by atoms with E-state index in [0.29, 0.717) is 0 Å². The lowest BCUT2D eigenvalue weighted by Crippen LogP contribution is -2.00. The molecule has 1 aliphatic heterocycles. The molecule has 1 aromatic rings. The molecular formula is C11H8N2O5. The van der Waals surface area contributed by atoms with E-state index in [1.807, 2.05) is 0 Å². The smallest absolute Gasteiger partial charge is 0.363 e. The molecule has 0 amide bonds. The summed E-state index contributed by atoms with van der Waals surface area (Å²) in [4.78, 5) is 25.3. The zero-order valence-corrected chi connectivity index (χ0v) is 9.28. The van der Waals surface area contributed by atoms with Crippen LogP contribution in [0, 0.1) is 10.1 Å². The van der Waals surface area contributed by atoms with E-state index in [1.54, 1.807) is 0 Å². The number of rotatable bonds is 2. The largest absolute Gasteiger partial charge is 0.508 e. The van der Waals surface area contributed by atoms with Gasteiger partial charge in [0.25, 0.3) is 5.69 Å². The number of nitrogens with zero attached hydrogens (tertiary/aromatic N) is 2. The van der Waals surface area contributed by atoms with Gasteiger partial charge in [-0.15, -0.1) is 0 Å². The quantitative estimate of drug-likeness (QED) is 0.370. The number of esters is 1. The molecule has 2 rings (SSSR count). The number of ether oxygens (including phenoxy) is 1. The molecule has 7 heteroatoms. The average Bonchev–Trinajstić information content (AvgIpc) is 2.57. The van der Waals surface area contributed by atoms with Gasteiger partial charge in [-0.1, -0.05) is 0 Å². The van der Waals surface area contributed by atoms with Crippen molar-refractivity contribution in [2.75, 3.05) is 0 Å². The first-order valence-corrected chi connectivity index (χ1v) is 4.94. The minimum absolute atomic E-state index is 0.0406. The Morgan fingerprint density at radius 3 is 2.78 bits per heavy atom. The number of aromatic hydroxyl groups is 1. The zero-order valence-electron chi connectivity index (χ0n) is 9.28. The van der Waals surface area contributed by atoms with Gasteiger partial charge < -0.3 is 9.84 Å². The van der Waals surface area contributed by atoms with Crippen molar-refractivity contribution in [3.05, 3.63) is 39.6 Å². The van der Waals surface area contributed by atoms with Crippen LogP contribution in [0.15, 0.2) is 28.9 Å². The molecule has 1 N–H and O–H groups in total. The van der Waals surface area contributed by atoms with Gasteiger partial charge in [-0.2, -0.15) is 0 Å². The molecular weight excluding hydrogens is 240 g/mol. The van der Waals surface area contributed by atoms with E-state index in [1.165, 1.54) is 25.1 Å². The lowest BCUT2D eigenvalue weighted by molar-refractivity contribution is -0.385. The third-order valence-electron chi connectivity index (χ3n) is 2.23. The van der Waals surface area contributed by atoms with E-state index in [2.05, 4.69) is 9.73 Å². The molecule has 0 aliphatic carbocycles. The number of carbonyl (C=O) groups is 1. The molecule has 0 fully saturated rings. The first kappa shape index (κ1) is 11.8. The maximum absolute atomic E-state index is 11.3. The van der Waals surface area contributed by atoms with Crippen LogP contribution in [0.4, 0.5) is 5.69 Å². The third kappa shape index (κ3) is 2.19. The van der Waals surface area contributed by atoms with Crippen LogP contribution in [0.2, 0.25) is 0 Å². The first-order valence-electron chi connectivity index (χ1n) is 4.94. The van der Waals surface area contributed by atoms with Crippen molar-refractivity contribution >= 4 is 23.6 Å². The number of benzene rings is 1. The van der Waals surface area contributed by atoms with E-state index in [4.69, 9.17) is 0 Å². The molecule has 0 saturated carbocycles. The highest BCUT2D eigenvalue weighted by molar-refractivity contribution is 6.06. The normalized spacial score (nSPS) is 16.6. The monoisotopic (exact) mass is 248 g/mol. The van der Waals surface area contributed by atoms with Crippen LogP contribution in [0.3, 0.4) is 0 Å². The van der Waals surface area contributed by atoms with Crippen LogP contribution in [-0.4, -0.2) is 21.9 Å². The number of hydrogen-bond acceptors (Lipinski definition) is 6. The predicted octanol–water partition coefficient (Wildman–Crippen LogP) is 1.62. The molecule has 0 bridgehead atoms. The molecule has 1 heterocycles. The van der Waals surface area contributed by atoms with E-state index in [-0.39, 0.29) is 28.6 Å². The number of hydrogen-bond donors (Lipinski definition) is 1. The molecule has 0 saturated heterocycles. The molecule has 0 radical (unpaired) electrons. The predicted molar refractivity (Wildman–Crippen MR) is 61.9 cm³/mol. The Hall–Kier alpha value is -2.70. The second kappa shape index (κ2) is 4.28. The summed E-state index contributed by atoms with van der Waals surface area (Å²) < 4.78 is 4.69. The fourth-order valence-electron chi connectivity index (χ4n) is 1.49. The van der Waals surface area contributed by atoms with Gasteiger partial charge in [-0.25, -0.2) is 9.79 Å². The van der Waals surface area contributed by atoms with Crippen LogP contribution < -0.4 is 0 Å². The van der Waals surface area contributed by atoms with Crippen molar-refractivity contribution < 1.29 is 19.6 Å². The average molecular weight is 248 g/mol. The molecule has 0 aromatic heterocycles. The van der Waals surface area contributed by atoms with Crippen LogP contribution >= 0.6 is 0 Å². The SMILES string of the molecule is CC1=N/C(=C/c2cc(O)ccc2[N+](=O)[O-])C(=O)O1. The van der Waals surface area contributed by atoms with Gasteiger partial charge in [-0.05, 0) is 18.2 Å². The molecule has 18 heavy (non-hydrogen) atoms. The first-order chi connectivity index (χ1) is 8.47. The van der Waals surface area contributed by atoms with Crippen LogP contribution in [0.25, 0.3) is 6.08 Å². The minimum atomic E-state index is -0.676. The number of phenols is 1. The topological polar surface area (TPSA) is 102 Å². The summed E-state index contributed by atoms with van der Waals surface area (Å²) >= 11 is 0. The summed E-state index contributed by atoms with van der Waals surface area (Å²) in [5.74, 6) is -0.640. The Bertz CT molecular complexity index is 603. The van der Waals surface area contributed by atoms with Gasteiger partial charge in [0.1, 0.15) is 5.75 Å². The lowest BCUT2D eigenvalue weighted by atomic mass is 10.1. The van der Waals surface area contributed by atoms with Crippen molar-refractivity contribution in [3.8, 4) is 5.75 Å². The Labute approximate surface area is 101 Å². The van der Waals surface area contributed by atoms with E-state index in [0.717, 1.165) is 6.07 Å². The van der Waals surface area contributed by atoms with Gasteiger partial charge in [0.05, 0.1) is 10.5 Å². The zero-order chi connectivity index (χ0) is 13.3. The molecule has 92 valence electrons. The summed E-state index contributed by atoms with van der Waals surface area (Å²) in [7, 11) is 0. The summed E-state index contributed by atoms with van der Waals surface area (Å²) in [6.07, 6.45) is 1.21. The van der Waals surface area contributed by atoms with Crippen molar-refractivity contribution in [3.63, 3.8) is 0 Å². The van der Waals surface area contributed by atoms with Crippen LogP contribution in [-0.2, 0) is 9.53 Å². The van der Waals surface area contributed by atoms with E-state index < -0.39 is 10.9 Å². The Balaban J connectivity index is 2.51. The van der Waals surface area contributed by atoms with Crippen molar-refractivity contribution in [1.29, 1.82) is 0 Å². The summed E-state index contributed by atoms with van der Waals surface area (Å²) in [6.45, 7) is 1.50. The summed E-state index contributed by atoms with van der Waals surface area (Å²) in [6, 6.07) is 3.53. The number of cyclic esters (lactones) is 1. The minimum Gasteiger partial charge on any atom is -0.508 e. The second-order valence-corrected chi connectivity index (χ2v) is 3.55. The number of nitro benzene ring substituents is 1. The van der Waals surface area contributed by atoms with E-state index in [9.17, 15) is 20.0 Å². The summed E-state index contributed by atoms with van der Waals surface area (Å²) in [5, 5.41) is 20.1. The maximum atomic E-state index is 11.3. The molecule has 0 spiro atoms. The fraction of sp³-hybridized carbons (Fsp3) is 0.0909. The van der Waals surface area contributed by atoms with Crippen molar-refractivity contribution in [1.82, 2.24) is 0 Å². The molecule has 7 nitrogen and oxygen atoms in total. The fourth-order valence-corrected chi connectivity index (χ4v) is 1.49. The van der Waals surface area contributed by atoms with Gasteiger partial charge in [0.15, 0.2) is 11.6 Å². The molecule has 1 aromatic carbocycles. The maximum Gasteiger partial charge on any atom is 0.363 e. The van der Waals surface area contributed by atoms with E-state index >= 15 is 0 Å². The number of phenolic OH excluding ortho intramolecular Hbond substituents is 1. The van der Waals surface area contributed by atoms with Gasteiger partial charge in [0, 0.05) is 13.0 Å². The molecule has 1 aliphatic rings. The van der Waals surface area contributed by atoms with Crippen LogP contribution in [0.1, 0.15) is 12.5 Å². The highest BCUT2D eigenvalue weighted by Gasteiger charge is 2.22. The molecule has 0 unspecified atom stereocenters. The standard InChI is InChI=1S/C11H8N2O5/c1-6-12-9(11(15)18-6)5-7-4-8(14)2-3-10(7)13(16)17/h2-5,14H,1H3/b9-5+. The Morgan fingerprint density at radius 2 is 2.22 bits per heavy atom. The van der Waals surface area contributed by atoms with Crippen molar-refractivity contribution in [2.24, 2.45) is 4.99 Å². The molecule has 0 atom stereocenters. The van der Waals surface area contributed by atoms with Gasteiger partial charge in [0.2, 0.25) is 0 Å². The number of carbonyl (C=O) groups excluding carboxylic acids is 1. The second-order valence-electron chi connectivity index (χ2n) is 3.55. The Morgan fingerprint density at radius 1 is 1.50 bits per heavy atom. The van der Waals surface area contributed by atoms with Crippen LogP contribution in [0.5, 0.6) is 5.75 Å². The number of nitro groups is 1. The lowest BCUT2D eigenvalue weighted by Gasteiger charge is -1.98. The van der Waals surface area contributed by atoms with Gasteiger partial charge >= 0.3 is 5.97 Å². The van der Waals surface area contributed by atoms with Gasteiger partial charge in [-0.3, -0.25) is 10.1 Å². The number of aliphatic imine (C=N–C) groups is 1. The summed E-state index contributed by atoms with van der Waals surface area (Å²) in [5.41, 5.74) is -0.181. The Kier molecular flexibility index (Phi) is 2.80.